The maximum atomic E-state index is 13.3. The molecule has 0 saturated carbocycles. The average molecular weight is 412 g/mol. The molecule has 0 atom stereocenters. The molecule has 26 heavy (non-hydrogen) atoms. The molecule has 0 N–H and O–H groups in total. The van der Waals surface area contributed by atoms with Crippen molar-refractivity contribution in [2.24, 2.45) is 0 Å². The third kappa shape index (κ3) is 4.28. The topological polar surface area (TPSA) is 0 Å². The molecule has 3 aromatic carbocycles. The Morgan fingerprint density at radius 3 is 2.04 bits per heavy atom. The van der Waals surface area contributed by atoms with Crippen molar-refractivity contribution in [1.29, 1.82) is 0 Å². The normalized spacial score (nSPS) is 12.2. The molecule has 0 aliphatic rings. The van der Waals surface area contributed by atoms with Gasteiger partial charge in [-0.15, -0.1) is 0 Å². The van der Waals surface area contributed by atoms with Crippen molar-refractivity contribution in [2.75, 3.05) is 0 Å². The van der Waals surface area contributed by atoms with Crippen LogP contribution in [0.4, 0.5) is 13.2 Å². The van der Waals surface area contributed by atoms with Crippen LogP contribution in [0, 0.1) is 0 Å². The Morgan fingerprint density at radius 1 is 0.808 bits per heavy atom. The Labute approximate surface area is 159 Å². The molecule has 0 aliphatic carbocycles. The molecule has 0 aromatic heterocycles. The Balaban J connectivity index is 2.10. The molecule has 3 aromatic rings. The fourth-order valence-electron chi connectivity index (χ4n) is 2.82. The molecule has 2 radical (unpaired) electrons. The van der Waals surface area contributed by atoms with E-state index in [9.17, 15) is 13.2 Å². The zero-order valence-corrected chi connectivity index (χ0v) is 15.7. The number of allylic oxidation sites excluding steroid dienone is 1. The van der Waals surface area contributed by atoms with Gasteiger partial charge in [0.15, 0.2) is 0 Å². The molecule has 130 valence electrons. The van der Waals surface area contributed by atoms with E-state index in [1.807, 2.05) is 66.7 Å². The SMILES string of the molecule is FC(F)(F)c1cccc(/C(=C\Cc2ccccc2)c2ccccc2)c1[As]. The molecule has 0 aliphatic heterocycles. The third-order valence-corrected chi connectivity index (χ3v) is 5.11. The van der Waals surface area contributed by atoms with Crippen LogP contribution in [0.3, 0.4) is 0 Å². The van der Waals surface area contributed by atoms with Crippen molar-refractivity contribution in [2.45, 2.75) is 12.6 Å². The van der Waals surface area contributed by atoms with E-state index >= 15 is 0 Å². The van der Waals surface area contributed by atoms with Gasteiger partial charge in [-0.05, 0) is 0 Å². The predicted molar refractivity (Wildman–Crippen MR) is 100 cm³/mol. The number of halogens is 3. The molecule has 0 saturated heterocycles. The zero-order chi connectivity index (χ0) is 18.6. The van der Waals surface area contributed by atoms with Gasteiger partial charge >= 0.3 is 160 Å². The Hall–Kier alpha value is -2.25. The number of hydrogen-bond donors (Lipinski definition) is 0. The first kappa shape index (κ1) is 18.5. The Kier molecular flexibility index (Phi) is 5.68. The standard InChI is InChI=1S/C22H16AsF3/c23-21-19(12-7-13-20(21)22(24,25)26)18(17-10-5-2-6-11-17)15-14-16-8-3-1-4-9-16/h1-13,15H,14H2/b18-15-. The van der Waals surface area contributed by atoms with Crippen LogP contribution in [0.5, 0.6) is 0 Å². The summed E-state index contributed by atoms with van der Waals surface area (Å²) < 4.78 is 40.1. The van der Waals surface area contributed by atoms with E-state index in [1.165, 1.54) is 6.07 Å². The first-order valence-corrected chi connectivity index (χ1v) is 9.09. The molecule has 3 rings (SSSR count). The maximum absolute atomic E-state index is 13.3. The molecule has 0 nitrogen and oxygen atoms in total. The van der Waals surface area contributed by atoms with Gasteiger partial charge < -0.3 is 0 Å². The monoisotopic (exact) mass is 412 g/mol. The number of benzene rings is 3. The van der Waals surface area contributed by atoms with Crippen LogP contribution in [0.2, 0.25) is 0 Å². The second kappa shape index (κ2) is 7.97. The summed E-state index contributed by atoms with van der Waals surface area (Å²) in [5.74, 6) is 0. The van der Waals surface area contributed by atoms with Gasteiger partial charge in [0.2, 0.25) is 0 Å². The molecule has 4 heteroatoms. The summed E-state index contributed by atoms with van der Waals surface area (Å²) in [4.78, 5) is 0. The quantitative estimate of drug-likeness (QED) is 0.519. The first-order chi connectivity index (χ1) is 12.5. The van der Waals surface area contributed by atoms with Crippen molar-refractivity contribution in [1.82, 2.24) is 0 Å². The summed E-state index contributed by atoms with van der Waals surface area (Å²) in [6.07, 6.45) is -1.73. The van der Waals surface area contributed by atoms with Crippen molar-refractivity contribution in [3.05, 3.63) is 107 Å². The van der Waals surface area contributed by atoms with Crippen molar-refractivity contribution in [3.63, 3.8) is 0 Å². The van der Waals surface area contributed by atoms with Gasteiger partial charge in [-0.25, -0.2) is 0 Å². The predicted octanol–water partition coefficient (Wildman–Crippen LogP) is 5.17. The van der Waals surface area contributed by atoms with E-state index in [2.05, 4.69) is 16.9 Å². The van der Waals surface area contributed by atoms with Crippen LogP contribution in [-0.4, -0.2) is 16.9 Å². The van der Waals surface area contributed by atoms with Crippen LogP contribution >= 0.6 is 0 Å². The van der Waals surface area contributed by atoms with Gasteiger partial charge in [-0.3, -0.25) is 0 Å². The van der Waals surface area contributed by atoms with Crippen LogP contribution in [0.1, 0.15) is 22.3 Å². The van der Waals surface area contributed by atoms with Gasteiger partial charge in [0, 0.05) is 0 Å². The Bertz CT molecular complexity index is 898. The molecule has 0 spiro atoms. The van der Waals surface area contributed by atoms with Gasteiger partial charge in [-0.1, -0.05) is 0 Å². The van der Waals surface area contributed by atoms with E-state index in [-0.39, 0.29) is 4.35 Å². The third-order valence-electron chi connectivity index (χ3n) is 4.10. The Morgan fingerprint density at radius 2 is 1.42 bits per heavy atom. The van der Waals surface area contributed by atoms with E-state index in [0.29, 0.717) is 12.0 Å². The minimum absolute atomic E-state index is 0.190. The second-order valence-corrected chi connectivity index (χ2v) is 6.81. The average Bonchev–Trinajstić information content (AvgIpc) is 2.64. The van der Waals surface area contributed by atoms with Crippen molar-refractivity contribution < 1.29 is 13.2 Å². The summed E-state index contributed by atoms with van der Waals surface area (Å²) in [6.45, 7) is 0. The van der Waals surface area contributed by atoms with Crippen LogP contribution in [0.25, 0.3) is 5.57 Å². The van der Waals surface area contributed by atoms with E-state index < -0.39 is 11.7 Å². The van der Waals surface area contributed by atoms with Gasteiger partial charge in [0.1, 0.15) is 0 Å². The number of rotatable bonds is 4. The van der Waals surface area contributed by atoms with Crippen molar-refractivity contribution in [3.8, 4) is 0 Å². The summed E-state index contributed by atoms with van der Waals surface area (Å²) in [7, 11) is 0. The molecule has 0 amide bonds. The number of hydrogen-bond acceptors (Lipinski definition) is 0. The second-order valence-electron chi connectivity index (χ2n) is 5.87. The summed E-state index contributed by atoms with van der Waals surface area (Å²) in [5, 5.41) is 0. The fourth-order valence-corrected chi connectivity index (χ4v) is 3.66. The minimum atomic E-state index is -4.38. The molecular formula is C22H16AsF3. The summed E-state index contributed by atoms with van der Waals surface area (Å²) in [6, 6.07) is 23.7. The van der Waals surface area contributed by atoms with Crippen molar-refractivity contribution >= 4 is 26.8 Å². The van der Waals surface area contributed by atoms with Crippen LogP contribution in [-0.2, 0) is 12.6 Å². The molecular weight excluding hydrogens is 396 g/mol. The van der Waals surface area contributed by atoms with E-state index in [1.54, 1.807) is 6.07 Å². The van der Waals surface area contributed by atoms with E-state index in [0.717, 1.165) is 22.8 Å². The van der Waals surface area contributed by atoms with Gasteiger partial charge in [0.25, 0.3) is 0 Å². The molecule has 0 fully saturated rings. The first-order valence-electron chi connectivity index (χ1n) is 8.16. The van der Waals surface area contributed by atoms with Gasteiger partial charge in [-0.2, -0.15) is 0 Å². The van der Waals surface area contributed by atoms with Crippen LogP contribution in [0.15, 0.2) is 84.9 Å². The fraction of sp³-hybridized carbons (Fsp3) is 0.0909. The molecule has 0 bridgehead atoms. The summed E-state index contributed by atoms with van der Waals surface area (Å²) in [5.41, 5.74) is 2.78. The van der Waals surface area contributed by atoms with Gasteiger partial charge in [0.05, 0.1) is 0 Å². The van der Waals surface area contributed by atoms with Crippen LogP contribution < -0.4 is 4.35 Å². The molecule has 0 unspecified atom stereocenters. The summed E-state index contributed by atoms with van der Waals surface area (Å²) >= 11 is 2.09. The zero-order valence-electron chi connectivity index (χ0n) is 13.9. The van der Waals surface area contributed by atoms with E-state index in [4.69, 9.17) is 0 Å². The molecule has 0 heterocycles. The number of alkyl halides is 3.